The summed E-state index contributed by atoms with van der Waals surface area (Å²) in [5.41, 5.74) is 8.14. The number of aryl methyl sites for hydroxylation is 1. The zero-order valence-electron chi connectivity index (χ0n) is 9.67. The molecule has 2 aromatic rings. The van der Waals surface area contributed by atoms with Crippen molar-refractivity contribution in [2.45, 2.75) is 19.1 Å². The Hall–Kier alpha value is -1.49. The van der Waals surface area contributed by atoms with Crippen molar-refractivity contribution in [3.05, 3.63) is 41.6 Å². The first kappa shape index (κ1) is 12.0. The second kappa shape index (κ2) is 4.79. The quantitative estimate of drug-likeness (QED) is 0.734. The van der Waals surface area contributed by atoms with Crippen molar-refractivity contribution in [3.8, 4) is 0 Å². The monoisotopic (exact) mass is 232 g/mol. The molecule has 4 nitrogen and oxygen atoms in total. The summed E-state index contributed by atoms with van der Waals surface area (Å²) in [7, 11) is 0. The maximum absolute atomic E-state index is 9.90. The number of aromatic nitrogens is 1. The molecule has 17 heavy (non-hydrogen) atoms. The number of rotatable bonds is 3. The molecule has 0 bridgehead atoms. The second-order valence-electron chi connectivity index (χ2n) is 4.20. The van der Waals surface area contributed by atoms with Gasteiger partial charge >= 0.3 is 0 Å². The summed E-state index contributed by atoms with van der Waals surface area (Å²) in [6.45, 7) is 1.69. The van der Waals surface area contributed by atoms with Crippen molar-refractivity contribution in [2.75, 3.05) is 6.61 Å². The van der Waals surface area contributed by atoms with Gasteiger partial charge in [-0.1, -0.05) is 12.1 Å². The van der Waals surface area contributed by atoms with E-state index in [4.69, 9.17) is 10.8 Å². The number of nitrogens with zero attached hydrogens (tertiary/aromatic N) is 1. The zero-order chi connectivity index (χ0) is 12.4. The van der Waals surface area contributed by atoms with E-state index in [0.29, 0.717) is 5.56 Å². The van der Waals surface area contributed by atoms with Gasteiger partial charge in [0, 0.05) is 11.1 Å². The third-order valence-corrected chi connectivity index (χ3v) is 2.81. The van der Waals surface area contributed by atoms with E-state index in [0.717, 1.165) is 16.6 Å². The lowest BCUT2D eigenvalue weighted by atomic mass is 10.0. The molecular formula is C13H16N2O2. The van der Waals surface area contributed by atoms with E-state index in [9.17, 15) is 5.11 Å². The minimum atomic E-state index is -0.856. The molecule has 0 saturated carbocycles. The Kier molecular flexibility index (Phi) is 3.38. The van der Waals surface area contributed by atoms with Crippen LogP contribution < -0.4 is 5.73 Å². The molecule has 0 aliphatic heterocycles. The number of pyridine rings is 1. The lowest BCUT2D eigenvalue weighted by molar-refractivity contribution is 0.109. The molecule has 4 N–H and O–H groups in total. The Morgan fingerprint density at radius 3 is 2.76 bits per heavy atom. The highest BCUT2D eigenvalue weighted by molar-refractivity contribution is 5.79. The molecule has 1 aromatic heterocycles. The predicted molar refractivity (Wildman–Crippen MR) is 66.5 cm³/mol. The van der Waals surface area contributed by atoms with Gasteiger partial charge in [-0.3, -0.25) is 4.98 Å². The molecular weight excluding hydrogens is 216 g/mol. The molecule has 0 amide bonds. The summed E-state index contributed by atoms with van der Waals surface area (Å²) in [6, 6.07) is 8.70. The van der Waals surface area contributed by atoms with Gasteiger partial charge in [0.2, 0.25) is 0 Å². The van der Waals surface area contributed by atoms with Gasteiger partial charge in [-0.2, -0.15) is 0 Å². The fraction of sp³-hybridized carbons (Fsp3) is 0.308. The number of benzene rings is 1. The molecule has 0 radical (unpaired) electrons. The minimum absolute atomic E-state index is 0.245. The molecule has 0 aliphatic carbocycles. The van der Waals surface area contributed by atoms with Crippen LogP contribution in [-0.2, 0) is 0 Å². The summed E-state index contributed by atoms with van der Waals surface area (Å²) in [6.07, 6.45) is -0.856. The summed E-state index contributed by atoms with van der Waals surface area (Å²) in [4.78, 5) is 4.38. The smallest absolute Gasteiger partial charge is 0.0963 e. The van der Waals surface area contributed by atoms with Crippen molar-refractivity contribution < 1.29 is 10.2 Å². The van der Waals surface area contributed by atoms with E-state index in [1.165, 1.54) is 0 Å². The average Bonchev–Trinajstić information content (AvgIpc) is 2.36. The van der Waals surface area contributed by atoms with E-state index in [1.54, 1.807) is 6.07 Å². The Bertz CT molecular complexity index is 528. The zero-order valence-corrected chi connectivity index (χ0v) is 9.67. The lowest BCUT2D eigenvalue weighted by Crippen LogP contribution is -2.31. The molecule has 0 aliphatic rings. The number of aliphatic hydroxyl groups excluding tert-OH is 2. The number of fused-ring (bicyclic) bond motifs is 1. The van der Waals surface area contributed by atoms with Crippen molar-refractivity contribution in [1.82, 2.24) is 4.98 Å². The molecule has 0 fully saturated rings. The Morgan fingerprint density at radius 1 is 1.29 bits per heavy atom. The first-order valence-corrected chi connectivity index (χ1v) is 5.53. The van der Waals surface area contributed by atoms with E-state index in [2.05, 4.69) is 4.98 Å². The molecule has 0 saturated heterocycles. The van der Waals surface area contributed by atoms with Crippen LogP contribution in [0.25, 0.3) is 10.9 Å². The van der Waals surface area contributed by atoms with Crippen LogP contribution in [0.4, 0.5) is 0 Å². The molecule has 2 unspecified atom stereocenters. The number of hydrogen-bond donors (Lipinski definition) is 3. The first-order valence-electron chi connectivity index (χ1n) is 5.53. The van der Waals surface area contributed by atoms with Crippen LogP contribution in [-0.4, -0.2) is 27.8 Å². The largest absolute Gasteiger partial charge is 0.395 e. The van der Waals surface area contributed by atoms with Crippen LogP contribution in [0, 0.1) is 6.92 Å². The maximum atomic E-state index is 9.90. The second-order valence-corrected chi connectivity index (χ2v) is 4.20. The van der Waals surface area contributed by atoms with Crippen LogP contribution in [0.15, 0.2) is 30.3 Å². The van der Waals surface area contributed by atoms with Gasteiger partial charge in [-0.05, 0) is 30.7 Å². The molecule has 0 spiro atoms. The number of nitrogens with two attached hydrogens (primary N) is 1. The minimum Gasteiger partial charge on any atom is -0.395 e. The van der Waals surface area contributed by atoms with Crippen molar-refractivity contribution in [1.29, 1.82) is 0 Å². The third kappa shape index (κ3) is 2.44. The van der Waals surface area contributed by atoms with Gasteiger partial charge < -0.3 is 15.9 Å². The summed E-state index contributed by atoms with van der Waals surface area (Å²) >= 11 is 0. The van der Waals surface area contributed by atoms with Crippen LogP contribution in [0.5, 0.6) is 0 Å². The normalized spacial score (nSPS) is 14.8. The van der Waals surface area contributed by atoms with Gasteiger partial charge in [0.1, 0.15) is 0 Å². The van der Waals surface area contributed by atoms with E-state index in [1.807, 2.05) is 31.2 Å². The molecule has 2 atom stereocenters. The Balaban J connectivity index is 2.41. The highest BCUT2D eigenvalue weighted by Gasteiger charge is 2.16. The summed E-state index contributed by atoms with van der Waals surface area (Å²) < 4.78 is 0. The van der Waals surface area contributed by atoms with Crippen molar-refractivity contribution >= 4 is 10.9 Å². The predicted octanol–water partition coefficient (Wildman–Crippen LogP) is 0.896. The highest BCUT2D eigenvalue weighted by atomic mass is 16.3. The summed E-state index contributed by atoms with van der Waals surface area (Å²) in [5.74, 6) is 0. The number of hydrogen-bond acceptors (Lipinski definition) is 4. The standard InChI is InChI=1S/C13H16N2O2/c1-8-2-3-9-6-10(4-5-12(9)15-8)13(17)11(14)7-16/h2-6,11,13,16-17H,7,14H2,1H3. The Labute approximate surface area is 99.7 Å². The van der Waals surface area contributed by atoms with Crippen LogP contribution >= 0.6 is 0 Å². The van der Waals surface area contributed by atoms with Crippen LogP contribution in [0.3, 0.4) is 0 Å². The molecule has 4 heteroatoms. The molecule has 1 aromatic carbocycles. The van der Waals surface area contributed by atoms with Crippen molar-refractivity contribution in [3.63, 3.8) is 0 Å². The maximum Gasteiger partial charge on any atom is 0.0963 e. The van der Waals surface area contributed by atoms with E-state index < -0.39 is 12.1 Å². The molecule has 1 heterocycles. The fourth-order valence-electron chi connectivity index (χ4n) is 1.78. The number of aliphatic hydroxyl groups is 2. The van der Waals surface area contributed by atoms with Crippen molar-refractivity contribution in [2.24, 2.45) is 5.73 Å². The van der Waals surface area contributed by atoms with Gasteiger partial charge in [0.25, 0.3) is 0 Å². The highest BCUT2D eigenvalue weighted by Crippen LogP contribution is 2.21. The molecule has 90 valence electrons. The fourth-order valence-corrected chi connectivity index (χ4v) is 1.78. The van der Waals surface area contributed by atoms with Gasteiger partial charge in [0.15, 0.2) is 0 Å². The third-order valence-electron chi connectivity index (χ3n) is 2.81. The van der Waals surface area contributed by atoms with Gasteiger partial charge in [-0.25, -0.2) is 0 Å². The lowest BCUT2D eigenvalue weighted by Gasteiger charge is -2.17. The average molecular weight is 232 g/mol. The van der Waals surface area contributed by atoms with Gasteiger partial charge in [-0.15, -0.1) is 0 Å². The SMILES string of the molecule is Cc1ccc2cc(C(O)C(N)CO)ccc2n1. The van der Waals surface area contributed by atoms with Gasteiger partial charge in [0.05, 0.1) is 24.3 Å². The summed E-state index contributed by atoms with van der Waals surface area (Å²) in [5, 5.41) is 19.8. The molecule has 2 rings (SSSR count). The first-order chi connectivity index (χ1) is 8.11. The van der Waals surface area contributed by atoms with E-state index in [-0.39, 0.29) is 6.61 Å². The van der Waals surface area contributed by atoms with E-state index >= 15 is 0 Å². The Morgan fingerprint density at radius 2 is 2.06 bits per heavy atom. The van der Waals surface area contributed by atoms with Crippen LogP contribution in [0.1, 0.15) is 17.4 Å². The topological polar surface area (TPSA) is 79.4 Å². The van der Waals surface area contributed by atoms with Crippen LogP contribution in [0.2, 0.25) is 0 Å².